The Morgan fingerprint density at radius 2 is 2.09 bits per heavy atom. The molecule has 1 aromatic rings. The molecular formula is C17H27N3O2. The van der Waals surface area contributed by atoms with E-state index in [2.05, 4.69) is 16.8 Å². The lowest BCUT2D eigenvalue weighted by Gasteiger charge is -2.34. The van der Waals surface area contributed by atoms with Crippen molar-refractivity contribution in [2.45, 2.75) is 25.8 Å². The van der Waals surface area contributed by atoms with E-state index in [1.165, 1.54) is 0 Å². The summed E-state index contributed by atoms with van der Waals surface area (Å²) in [6, 6.07) is 5.78. The van der Waals surface area contributed by atoms with Crippen molar-refractivity contribution in [2.75, 3.05) is 46.1 Å². The van der Waals surface area contributed by atoms with E-state index >= 15 is 0 Å². The summed E-state index contributed by atoms with van der Waals surface area (Å²) in [4.78, 5) is 16.9. The Kier molecular flexibility index (Phi) is 5.80. The van der Waals surface area contributed by atoms with E-state index < -0.39 is 0 Å². The van der Waals surface area contributed by atoms with Crippen molar-refractivity contribution in [1.82, 2.24) is 9.80 Å². The molecule has 1 aliphatic rings. The van der Waals surface area contributed by atoms with Crippen LogP contribution in [0.15, 0.2) is 18.2 Å². The Balaban J connectivity index is 1.95. The van der Waals surface area contributed by atoms with Crippen molar-refractivity contribution >= 4 is 11.5 Å². The lowest BCUT2D eigenvalue weighted by atomic mass is 10.0. The second-order valence-electron chi connectivity index (χ2n) is 6.06. The van der Waals surface area contributed by atoms with Crippen LogP contribution < -0.4 is 10.5 Å². The number of hydrogen-bond acceptors (Lipinski definition) is 5. The van der Waals surface area contributed by atoms with Gasteiger partial charge in [-0.1, -0.05) is 0 Å². The first kappa shape index (κ1) is 16.8. The molecule has 1 saturated heterocycles. The van der Waals surface area contributed by atoms with E-state index in [4.69, 9.17) is 10.5 Å². The van der Waals surface area contributed by atoms with Gasteiger partial charge < -0.3 is 15.4 Å². The third kappa shape index (κ3) is 4.21. The summed E-state index contributed by atoms with van der Waals surface area (Å²) in [5.74, 6) is 0.749. The molecule has 2 rings (SSSR count). The second kappa shape index (κ2) is 7.61. The molecule has 0 unspecified atom stereocenters. The second-order valence-corrected chi connectivity index (χ2v) is 6.06. The molecular weight excluding hydrogens is 278 g/mol. The van der Waals surface area contributed by atoms with Crippen LogP contribution in [0.3, 0.4) is 0 Å². The highest BCUT2D eigenvalue weighted by atomic mass is 16.5. The van der Waals surface area contributed by atoms with Crippen LogP contribution >= 0.6 is 0 Å². The summed E-state index contributed by atoms with van der Waals surface area (Å²) in [7, 11) is 4.18. The highest BCUT2D eigenvalue weighted by Gasteiger charge is 2.22. The minimum absolute atomic E-state index is 0.108. The quantitative estimate of drug-likeness (QED) is 0.642. The van der Waals surface area contributed by atoms with E-state index in [0.717, 1.165) is 25.9 Å². The maximum Gasteiger partial charge on any atom is 0.176 e. The summed E-state index contributed by atoms with van der Waals surface area (Å²) in [6.07, 6.45) is 2.23. The van der Waals surface area contributed by atoms with Crippen LogP contribution in [0, 0.1) is 0 Å². The number of rotatable bonds is 6. The standard InChI is InChI=1S/C17H27N3O2/c1-4-22-17-6-5-13(11-15(17)18)16(21)12-20(3)14-7-9-19(2)10-8-14/h5-6,11,14H,4,7-10,12,18H2,1-3H3. The molecule has 2 N–H and O–H groups in total. The van der Waals surface area contributed by atoms with Crippen molar-refractivity contribution in [2.24, 2.45) is 0 Å². The zero-order valence-electron chi connectivity index (χ0n) is 13.8. The monoisotopic (exact) mass is 305 g/mol. The van der Waals surface area contributed by atoms with E-state index in [0.29, 0.717) is 36.2 Å². The van der Waals surface area contributed by atoms with Crippen LogP contribution in [0.25, 0.3) is 0 Å². The van der Waals surface area contributed by atoms with Gasteiger partial charge in [0.05, 0.1) is 18.8 Å². The molecule has 5 nitrogen and oxygen atoms in total. The van der Waals surface area contributed by atoms with Crippen LogP contribution in [-0.4, -0.2) is 62.0 Å². The first-order valence-electron chi connectivity index (χ1n) is 7.95. The van der Waals surface area contributed by atoms with Gasteiger partial charge in [0.25, 0.3) is 0 Å². The highest BCUT2D eigenvalue weighted by Crippen LogP contribution is 2.23. The number of Topliss-reactive ketones (excluding diaryl/α,β-unsaturated/α-hetero) is 1. The molecule has 0 saturated carbocycles. The Morgan fingerprint density at radius 3 is 2.68 bits per heavy atom. The first-order valence-corrected chi connectivity index (χ1v) is 7.95. The first-order chi connectivity index (χ1) is 10.5. The predicted octanol–water partition coefficient (Wildman–Crippen LogP) is 1.88. The lowest BCUT2D eigenvalue weighted by molar-refractivity contribution is 0.0871. The van der Waals surface area contributed by atoms with Crippen LogP contribution in [-0.2, 0) is 0 Å². The van der Waals surface area contributed by atoms with Gasteiger partial charge in [-0.3, -0.25) is 9.69 Å². The molecule has 0 amide bonds. The lowest BCUT2D eigenvalue weighted by Crippen LogP contribution is -2.43. The topological polar surface area (TPSA) is 58.8 Å². The molecule has 1 aromatic carbocycles. The molecule has 0 atom stereocenters. The fourth-order valence-corrected chi connectivity index (χ4v) is 2.89. The van der Waals surface area contributed by atoms with Crippen molar-refractivity contribution in [3.05, 3.63) is 23.8 Å². The maximum absolute atomic E-state index is 12.4. The Bertz CT molecular complexity index is 511. The number of carbonyl (C=O) groups excluding carboxylic acids is 1. The number of hydrogen-bond donors (Lipinski definition) is 1. The Morgan fingerprint density at radius 1 is 1.41 bits per heavy atom. The van der Waals surface area contributed by atoms with Crippen molar-refractivity contribution in [1.29, 1.82) is 0 Å². The SMILES string of the molecule is CCOc1ccc(C(=O)CN(C)C2CCN(C)CC2)cc1N. The molecule has 0 bridgehead atoms. The minimum Gasteiger partial charge on any atom is -0.492 e. The van der Waals surface area contributed by atoms with Crippen molar-refractivity contribution in [3.63, 3.8) is 0 Å². The van der Waals surface area contributed by atoms with Crippen LogP contribution in [0.1, 0.15) is 30.1 Å². The number of likely N-dealkylation sites (N-methyl/N-ethyl adjacent to an activating group) is 1. The van der Waals surface area contributed by atoms with E-state index in [1.807, 2.05) is 14.0 Å². The van der Waals surface area contributed by atoms with Gasteiger partial charge in [0, 0.05) is 11.6 Å². The van der Waals surface area contributed by atoms with E-state index in [-0.39, 0.29) is 5.78 Å². The van der Waals surface area contributed by atoms with Gasteiger partial charge in [-0.2, -0.15) is 0 Å². The molecule has 5 heteroatoms. The number of piperidine rings is 1. The Labute approximate surface area is 133 Å². The summed E-state index contributed by atoms with van der Waals surface area (Å²) in [5, 5.41) is 0. The summed E-state index contributed by atoms with van der Waals surface area (Å²) in [6.45, 7) is 5.10. The third-order valence-electron chi connectivity index (χ3n) is 4.34. The van der Waals surface area contributed by atoms with Gasteiger partial charge in [0.1, 0.15) is 5.75 Å². The largest absolute Gasteiger partial charge is 0.492 e. The molecule has 0 radical (unpaired) electrons. The number of nitrogens with two attached hydrogens (primary N) is 1. The Hall–Kier alpha value is -1.59. The number of anilines is 1. The number of nitrogens with zero attached hydrogens (tertiary/aromatic N) is 2. The normalized spacial score (nSPS) is 16.9. The molecule has 22 heavy (non-hydrogen) atoms. The number of likely N-dealkylation sites (tertiary alicyclic amines) is 1. The number of ketones is 1. The minimum atomic E-state index is 0.108. The highest BCUT2D eigenvalue weighted by molar-refractivity contribution is 5.98. The molecule has 1 fully saturated rings. The molecule has 1 heterocycles. The van der Waals surface area contributed by atoms with Gasteiger partial charge in [-0.25, -0.2) is 0 Å². The van der Waals surface area contributed by atoms with Gasteiger partial charge in [-0.05, 0) is 65.1 Å². The van der Waals surface area contributed by atoms with E-state index in [1.54, 1.807) is 18.2 Å². The van der Waals surface area contributed by atoms with Crippen LogP contribution in [0.5, 0.6) is 5.75 Å². The summed E-state index contributed by atoms with van der Waals surface area (Å²) < 4.78 is 5.41. The predicted molar refractivity (Wildman–Crippen MR) is 89.5 cm³/mol. The molecule has 0 aliphatic carbocycles. The van der Waals surface area contributed by atoms with Gasteiger partial charge >= 0.3 is 0 Å². The average Bonchev–Trinajstić information content (AvgIpc) is 2.50. The molecule has 0 aromatic heterocycles. The van der Waals surface area contributed by atoms with Crippen molar-refractivity contribution < 1.29 is 9.53 Å². The fraction of sp³-hybridized carbons (Fsp3) is 0.588. The van der Waals surface area contributed by atoms with Crippen LogP contribution in [0.2, 0.25) is 0 Å². The summed E-state index contributed by atoms with van der Waals surface area (Å²) >= 11 is 0. The molecule has 122 valence electrons. The third-order valence-corrected chi connectivity index (χ3v) is 4.34. The zero-order valence-corrected chi connectivity index (χ0v) is 13.8. The van der Waals surface area contributed by atoms with Gasteiger partial charge in [0.15, 0.2) is 5.78 Å². The van der Waals surface area contributed by atoms with Gasteiger partial charge in [-0.15, -0.1) is 0 Å². The maximum atomic E-state index is 12.4. The zero-order chi connectivity index (χ0) is 16.1. The molecule has 1 aliphatic heterocycles. The number of carbonyl (C=O) groups is 1. The average molecular weight is 305 g/mol. The van der Waals surface area contributed by atoms with Crippen molar-refractivity contribution in [3.8, 4) is 5.75 Å². The fourth-order valence-electron chi connectivity index (χ4n) is 2.89. The van der Waals surface area contributed by atoms with Crippen LogP contribution in [0.4, 0.5) is 5.69 Å². The number of ether oxygens (including phenoxy) is 1. The van der Waals surface area contributed by atoms with E-state index in [9.17, 15) is 4.79 Å². The summed E-state index contributed by atoms with van der Waals surface area (Å²) in [5.41, 5.74) is 7.11. The number of benzene rings is 1. The number of nitrogen functional groups attached to an aromatic ring is 1. The molecule has 0 spiro atoms. The van der Waals surface area contributed by atoms with Gasteiger partial charge in [0.2, 0.25) is 0 Å². The smallest absolute Gasteiger partial charge is 0.176 e.